The number of nitrogens with zero attached hydrogens (tertiary/aromatic N) is 1. The molecule has 0 spiro atoms. The number of benzene rings is 2. The van der Waals surface area contributed by atoms with E-state index < -0.39 is 12.1 Å². The van der Waals surface area contributed by atoms with Gasteiger partial charge >= 0.3 is 5.97 Å². The van der Waals surface area contributed by atoms with Crippen LogP contribution in [0.4, 0.5) is 0 Å². The van der Waals surface area contributed by atoms with Crippen LogP contribution in [0.5, 0.6) is 17.2 Å². The zero-order valence-corrected chi connectivity index (χ0v) is 13.0. The Bertz CT molecular complexity index is 758. The molecule has 3 rings (SSSR count). The zero-order chi connectivity index (χ0) is 16.9. The minimum atomic E-state index is -0.627. The summed E-state index contributed by atoms with van der Waals surface area (Å²) >= 11 is 0. The van der Waals surface area contributed by atoms with Crippen molar-refractivity contribution >= 4 is 11.8 Å². The van der Waals surface area contributed by atoms with Crippen LogP contribution in [-0.2, 0) is 4.84 Å². The molecule has 2 N–H and O–H groups in total. The van der Waals surface area contributed by atoms with Crippen LogP contribution in [0.15, 0.2) is 53.7 Å². The highest BCUT2D eigenvalue weighted by atomic mass is 16.7. The molecule has 0 aromatic heterocycles. The number of ether oxygens (including phenoxy) is 3. The molecule has 2 aromatic rings. The van der Waals surface area contributed by atoms with Crippen molar-refractivity contribution in [2.24, 2.45) is 10.9 Å². The van der Waals surface area contributed by atoms with E-state index in [4.69, 9.17) is 24.8 Å². The van der Waals surface area contributed by atoms with Crippen molar-refractivity contribution in [3.63, 3.8) is 0 Å². The summed E-state index contributed by atoms with van der Waals surface area (Å²) < 4.78 is 16.2. The molecular weight excluding hydrogens is 312 g/mol. The van der Waals surface area contributed by atoms with Crippen LogP contribution >= 0.6 is 0 Å². The summed E-state index contributed by atoms with van der Waals surface area (Å²) in [6.45, 7) is 0.187. The first-order valence-corrected chi connectivity index (χ1v) is 7.24. The zero-order valence-electron chi connectivity index (χ0n) is 13.0. The lowest BCUT2D eigenvalue weighted by Gasteiger charge is -2.25. The van der Waals surface area contributed by atoms with Gasteiger partial charge in [-0.1, -0.05) is 17.3 Å². The van der Waals surface area contributed by atoms with Crippen molar-refractivity contribution in [2.75, 3.05) is 13.7 Å². The summed E-state index contributed by atoms with van der Waals surface area (Å²) in [5.74, 6) is 1.23. The number of hydrogen-bond donors (Lipinski definition) is 1. The lowest BCUT2D eigenvalue weighted by Crippen LogP contribution is -2.41. The largest absolute Gasteiger partial charge is 0.497 e. The van der Waals surface area contributed by atoms with Gasteiger partial charge in [0, 0.05) is 0 Å². The maximum absolute atomic E-state index is 11.9. The van der Waals surface area contributed by atoms with Gasteiger partial charge in [0.25, 0.3) is 0 Å². The molecule has 7 heteroatoms. The Morgan fingerprint density at radius 1 is 1.17 bits per heavy atom. The first-order valence-electron chi connectivity index (χ1n) is 7.24. The van der Waals surface area contributed by atoms with Crippen LogP contribution in [0.3, 0.4) is 0 Å². The number of rotatable bonds is 4. The van der Waals surface area contributed by atoms with Gasteiger partial charge in [0.05, 0.1) is 12.7 Å². The third kappa shape index (κ3) is 3.40. The molecule has 1 atom stereocenters. The SMILES string of the molecule is COc1ccc(C(=O)O/N=C(\N)[C@@H]2COc3ccccc3O2)cc1. The molecule has 0 amide bonds. The smallest absolute Gasteiger partial charge is 0.365 e. The second kappa shape index (κ2) is 6.91. The number of hydrogen-bond acceptors (Lipinski definition) is 6. The molecule has 24 heavy (non-hydrogen) atoms. The Morgan fingerprint density at radius 3 is 2.58 bits per heavy atom. The highest BCUT2D eigenvalue weighted by Gasteiger charge is 2.24. The standard InChI is InChI=1S/C17H16N2O5/c1-21-12-8-6-11(7-9-12)17(20)24-19-16(18)15-10-22-13-4-2-3-5-14(13)23-15/h2-9,15H,10H2,1H3,(H2,18,19)/t15-/m0/s1. The molecule has 7 nitrogen and oxygen atoms in total. The normalized spacial score (nSPS) is 16.4. The molecule has 124 valence electrons. The molecule has 0 saturated carbocycles. The molecule has 2 aromatic carbocycles. The monoisotopic (exact) mass is 328 g/mol. The highest BCUT2D eigenvalue weighted by molar-refractivity contribution is 5.91. The average molecular weight is 328 g/mol. The summed E-state index contributed by atoms with van der Waals surface area (Å²) in [6.07, 6.45) is -0.622. The van der Waals surface area contributed by atoms with E-state index in [1.54, 1.807) is 43.5 Å². The Labute approximate surface area is 138 Å². The fraction of sp³-hybridized carbons (Fsp3) is 0.176. The number of carbonyl (C=O) groups is 1. The van der Waals surface area contributed by atoms with Gasteiger partial charge in [-0.2, -0.15) is 0 Å². The minimum Gasteiger partial charge on any atom is -0.497 e. The van der Waals surface area contributed by atoms with Gasteiger partial charge in [0.15, 0.2) is 23.4 Å². The fourth-order valence-electron chi connectivity index (χ4n) is 2.10. The molecule has 0 unspecified atom stereocenters. The lowest BCUT2D eigenvalue weighted by molar-refractivity contribution is 0.0504. The number of para-hydroxylation sites is 2. The van der Waals surface area contributed by atoms with E-state index in [-0.39, 0.29) is 12.4 Å². The third-order valence-corrected chi connectivity index (χ3v) is 3.40. The molecule has 0 aliphatic carbocycles. The molecule has 0 radical (unpaired) electrons. The van der Waals surface area contributed by atoms with Crippen LogP contribution in [0.25, 0.3) is 0 Å². The first-order chi connectivity index (χ1) is 11.7. The number of fused-ring (bicyclic) bond motifs is 1. The van der Waals surface area contributed by atoms with Gasteiger partial charge in [-0.15, -0.1) is 0 Å². The number of nitrogens with two attached hydrogens (primary N) is 1. The average Bonchev–Trinajstić information content (AvgIpc) is 2.65. The van der Waals surface area contributed by atoms with E-state index in [0.717, 1.165) is 0 Å². The van der Waals surface area contributed by atoms with Crippen molar-refractivity contribution in [3.8, 4) is 17.2 Å². The molecule has 1 heterocycles. The predicted molar refractivity (Wildman–Crippen MR) is 86.4 cm³/mol. The van der Waals surface area contributed by atoms with Gasteiger partial charge in [-0.25, -0.2) is 4.79 Å². The molecule has 0 fully saturated rings. The maximum atomic E-state index is 11.9. The summed E-state index contributed by atoms with van der Waals surface area (Å²) in [4.78, 5) is 16.8. The number of oxime groups is 1. The summed E-state index contributed by atoms with van der Waals surface area (Å²) in [5.41, 5.74) is 6.16. The van der Waals surface area contributed by atoms with E-state index in [2.05, 4.69) is 5.16 Å². The Hall–Kier alpha value is -3.22. The number of carbonyl (C=O) groups excluding carboxylic acids is 1. The molecule has 0 bridgehead atoms. The summed E-state index contributed by atoms with van der Waals surface area (Å²) in [5, 5.41) is 3.65. The van der Waals surface area contributed by atoms with Crippen molar-refractivity contribution in [1.29, 1.82) is 0 Å². The second-order valence-corrected chi connectivity index (χ2v) is 4.99. The van der Waals surface area contributed by atoms with Crippen molar-refractivity contribution in [2.45, 2.75) is 6.10 Å². The quantitative estimate of drug-likeness (QED) is 0.399. The van der Waals surface area contributed by atoms with E-state index in [1.807, 2.05) is 12.1 Å². The van der Waals surface area contributed by atoms with E-state index in [1.165, 1.54) is 0 Å². The Morgan fingerprint density at radius 2 is 1.88 bits per heavy atom. The van der Waals surface area contributed by atoms with Crippen LogP contribution in [0.2, 0.25) is 0 Å². The lowest BCUT2D eigenvalue weighted by atomic mass is 10.2. The highest BCUT2D eigenvalue weighted by Crippen LogP contribution is 2.30. The summed E-state index contributed by atoms with van der Waals surface area (Å²) in [7, 11) is 1.54. The van der Waals surface area contributed by atoms with Crippen LogP contribution in [0.1, 0.15) is 10.4 Å². The topological polar surface area (TPSA) is 92.4 Å². The third-order valence-electron chi connectivity index (χ3n) is 3.40. The second-order valence-electron chi connectivity index (χ2n) is 4.99. The molecule has 1 aliphatic rings. The van der Waals surface area contributed by atoms with Crippen molar-refractivity contribution in [1.82, 2.24) is 0 Å². The predicted octanol–water partition coefficient (Wildman–Crippen LogP) is 1.96. The van der Waals surface area contributed by atoms with Crippen LogP contribution < -0.4 is 19.9 Å². The molecule has 0 saturated heterocycles. The van der Waals surface area contributed by atoms with Gasteiger partial charge in [-0.05, 0) is 36.4 Å². The van der Waals surface area contributed by atoms with Crippen LogP contribution in [-0.4, -0.2) is 31.6 Å². The first kappa shape index (κ1) is 15.7. The minimum absolute atomic E-state index is 0.0198. The van der Waals surface area contributed by atoms with Gasteiger partial charge in [-0.3, -0.25) is 0 Å². The number of methoxy groups -OCH3 is 1. The molecule has 1 aliphatic heterocycles. The fourth-order valence-corrected chi connectivity index (χ4v) is 2.10. The van der Waals surface area contributed by atoms with Crippen molar-refractivity contribution in [3.05, 3.63) is 54.1 Å². The van der Waals surface area contributed by atoms with Crippen LogP contribution in [0, 0.1) is 0 Å². The van der Waals surface area contributed by atoms with Gasteiger partial charge < -0.3 is 24.8 Å². The van der Waals surface area contributed by atoms with E-state index in [0.29, 0.717) is 22.8 Å². The Kier molecular flexibility index (Phi) is 4.51. The van der Waals surface area contributed by atoms with E-state index in [9.17, 15) is 4.79 Å². The van der Waals surface area contributed by atoms with Gasteiger partial charge in [0.1, 0.15) is 12.4 Å². The summed E-state index contributed by atoms with van der Waals surface area (Å²) in [6, 6.07) is 13.7. The van der Waals surface area contributed by atoms with Gasteiger partial charge in [0.2, 0.25) is 0 Å². The molecular formula is C17H16N2O5. The van der Waals surface area contributed by atoms with E-state index >= 15 is 0 Å². The van der Waals surface area contributed by atoms with Crippen molar-refractivity contribution < 1.29 is 23.8 Å². The maximum Gasteiger partial charge on any atom is 0.365 e. The number of amidine groups is 1. The Balaban J connectivity index is 1.63.